The van der Waals surface area contributed by atoms with Gasteiger partial charge in [0.25, 0.3) is 0 Å². The van der Waals surface area contributed by atoms with E-state index in [-0.39, 0.29) is 18.2 Å². The van der Waals surface area contributed by atoms with Crippen molar-refractivity contribution in [1.82, 2.24) is 19.4 Å². The van der Waals surface area contributed by atoms with Gasteiger partial charge in [0.1, 0.15) is 11.4 Å². The molecule has 1 saturated heterocycles. The number of hydrogen-bond donors (Lipinski definition) is 2. The molecule has 9 nitrogen and oxygen atoms in total. The smallest absolute Gasteiger partial charge is 0.410 e. The molecule has 1 saturated carbocycles. The highest BCUT2D eigenvalue weighted by Crippen LogP contribution is 2.30. The monoisotopic (exact) mass is 492 g/mol. The van der Waals surface area contributed by atoms with Crippen LogP contribution in [0.5, 0.6) is 0 Å². The van der Waals surface area contributed by atoms with Crippen LogP contribution in [0, 0.1) is 0 Å². The lowest BCUT2D eigenvalue weighted by Gasteiger charge is -2.37. The fourth-order valence-electron chi connectivity index (χ4n) is 5.04. The van der Waals surface area contributed by atoms with Crippen LogP contribution >= 0.6 is 0 Å². The Bertz CT molecular complexity index is 1200. The van der Waals surface area contributed by atoms with Crippen LogP contribution in [0.2, 0.25) is 0 Å². The zero-order valence-electron chi connectivity index (χ0n) is 21.4. The highest BCUT2D eigenvalue weighted by molar-refractivity contribution is 5.94. The van der Waals surface area contributed by atoms with Crippen molar-refractivity contribution < 1.29 is 14.6 Å². The van der Waals surface area contributed by atoms with Crippen LogP contribution in [0.1, 0.15) is 46.5 Å². The molecular weight excluding hydrogens is 456 g/mol. The van der Waals surface area contributed by atoms with Gasteiger partial charge in [-0.15, -0.1) is 0 Å². The quantitative estimate of drug-likeness (QED) is 0.564. The summed E-state index contributed by atoms with van der Waals surface area (Å²) in [6.07, 6.45) is 6.88. The Morgan fingerprint density at radius 3 is 2.53 bits per heavy atom. The highest BCUT2D eigenvalue weighted by Gasteiger charge is 2.27. The SMILES string of the molecule is CC(C)(C)OC(=O)N1CCN(c2cccc3c2ccn3-c2ccnc(N[C@H]3CC[C@@H](O)CC3)n2)CC1. The molecule has 192 valence electrons. The van der Waals surface area contributed by atoms with E-state index in [0.717, 1.165) is 61.2 Å². The second kappa shape index (κ2) is 9.97. The second-order valence-electron chi connectivity index (χ2n) is 10.7. The van der Waals surface area contributed by atoms with Gasteiger partial charge in [0.2, 0.25) is 5.95 Å². The number of ether oxygens (including phenoxy) is 1. The molecular formula is C27H36N6O3. The predicted molar refractivity (Wildman–Crippen MR) is 141 cm³/mol. The molecule has 0 bridgehead atoms. The number of amides is 1. The number of fused-ring (bicyclic) bond motifs is 1. The van der Waals surface area contributed by atoms with Crippen LogP contribution in [0.25, 0.3) is 16.7 Å². The van der Waals surface area contributed by atoms with Crippen LogP contribution < -0.4 is 10.2 Å². The molecule has 1 aliphatic heterocycles. The van der Waals surface area contributed by atoms with Gasteiger partial charge >= 0.3 is 6.09 Å². The van der Waals surface area contributed by atoms with Crippen LogP contribution in [0.4, 0.5) is 16.4 Å². The number of carbonyl (C=O) groups excluding carboxylic acids is 1. The van der Waals surface area contributed by atoms with E-state index in [0.29, 0.717) is 19.0 Å². The molecule has 0 spiro atoms. The second-order valence-corrected chi connectivity index (χ2v) is 10.7. The molecule has 1 aromatic carbocycles. The zero-order valence-corrected chi connectivity index (χ0v) is 21.4. The summed E-state index contributed by atoms with van der Waals surface area (Å²) in [5.74, 6) is 1.43. The molecule has 1 amide bonds. The van der Waals surface area contributed by atoms with Crippen molar-refractivity contribution in [3.63, 3.8) is 0 Å². The molecule has 3 aromatic rings. The van der Waals surface area contributed by atoms with Crippen molar-refractivity contribution in [2.75, 3.05) is 36.4 Å². The lowest BCUT2D eigenvalue weighted by atomic mass is 9.93. The van der Waals surface area contributed by atoms with Crippen molar-refractivity contribution in [3.8, 4) is 5.82 Å². The zero-order chi connectivity index (χ0) is 25.3. The number of anilines is 2. The van der Waals surface area contributed by atoms with Crippen LogP contribution in [-0.4, -0.2) is 74.6 Å². The summed E-state index contributed by atoms with van der Waals surface area (Å²) in [6, 6.07) is 10.6. The first-order valence-corrected chi connectivity index (χ1v) is 12.9. The summed E-state index contributed by atoms with van der Waals surface area (Å²) >= 11 is 0. The Morgan fingerprint density at radius 2 is 1.81 bits per heavy atom. The number of nitrogens with zero attached hydrogens (tertiary/aromatic N) is 5. The molecule has 0 unspecified atom stereocenters. The van der Waals surface area contributed by atoms with E-state index in [1.54, 1.807) is 11.1 Å². The van der Waals surface area contributed by atoms with Gasteiger partial charge in [0.05, 0.1) is 11.6 Å². The summed E-state index contributed by atoms with van der Waals surface area (Å²) < 4.78 is 7.63. The van der Waals surface area contributed by atoms with Crippen molar-refractivity contribution in [1.29, 1.82) is 0 Å². The van der Waals surface area contributed by atoms with Gasteiger partial charge in [-0.05, 0) is 70.7 Å². The maximum Gasteiger partial charge on any atom is 0.410 e. The van der Waals surface area contributed by atoms with Crippen LogP contribution in [0.3, 0.4) is 0 Å². The van der Waals surface area contributed by atoms with Crippen molar-refractivity contribution in [3.05, 3.63) is 42.7 Å². The predicted octanol–water partition coefficient (Wildman–Crippen LogP) is 4.19. The Balaban J connectivity index is 1.31. The number of hydrogen-bond acceptors (Lipinski definition) is 7. The third-order valence-corrected chi connectivity index (χ3v) is 6.90. The third-order valence-electron chi connectivity index (χ3n) is 6.90. The van der Waals surface area contributed by atoms with Gasteiger partial charge in [-0.2, -0.15) is 4.98 Å². The fraction of sp³-hybridized carbons (Fsp3) is 0.519. The molecule has 0 atom stereocenters. The summed E-state index contributed by atoms with van der Waals surface area (Å²) in [5, 5.41) is 14.4. The van der Waals surface area contributed by atoms with E-state index in [1.165, 1.54) is 0 Å². The largest absolute Gasteiger partial charge is 0.444 e. The van der Waals surface area contributed by atoms with Gasteiger partial charge in [-0.3, -0.25) is 0 Å². The topological polar surface area (TPSA) is 95.8 Å². The Kier molecular flexibility index (Phi) is 6.75. The van der Waals surface area contributed by atoms with E-state index >= 15 is 0 Å². The number of aliphatic hydroxyl groups excluding tert-OH is 1. The number of benzene rings is 1. The molecule has 2 aromatic heterocycles. The normalized spacial score (nSPS) is 21.0. The molecule has 2 N–H and O–H groups in total. The lowest BCUT2D eigenvalue weighted by Crippen LogP contribution is -2.50. The highest BCUT2D eigenvalue weighted by atomic mass is 16.6. The maximum absolute atomic E-state index is 12.5. The summed E-state index contributed by atoms with van der Waals surface area (Å²) in [4.78, 5) is 25.8. The lowest BCUT2D eigenvalue weighted by molar-refractivity contribution is 0.0240. The Morgan fingerprint density at radius 1 is 1.06 bits per heavy atom. The molecule has 2 fully saturated rings. The molecule has 9 heteroatoms. The van der Waals surface area contributed by atoms with Gasteiger partial charge in [0.15, 0.2) is 0 Å². The Hall–Kier alpha value is -3.33. The number of nitrogens with one attached hydrogen (secondary N) is 1. The van der Waals surface area contributed by atoms with E-state index in [4.69, 9.17) is 9.72 Å². The minimum atomic E-state index is -0.488. The Labute approximate surface area is 212 Å². The minimum Gasteiger partial charge on any atom is -0.444 e. The first kappa shape index (κ1) is 24.4. The van der Waals surface area contributed by atoms with E-state index in [2.05, 4.69) is 44.0 Å². The van der Waals surface area contributed by atoms with E-state index in [9.17, 15) is 9.90 Å². The summed E-state index contributed by atoms with van der Waals surface area (Å²) in [7, 11) is 0. The summed E-state index contributed by atoms with van der Waals surface area (Å²) in [5.41, 5.74) is 1.74. The van der Waals surface area contributed by atoms with Crippen LogP contribution in [0.15, 0.2) is 42.7 Å². The van der Waals surface area contributed by atoms with Crippen molar-refractivity contribution in [2.24, 2.45) is 0 Å². The van der Waals surface area contributed by atoms with Crippen molar-refractivity contribution in [2.45, 2.75) is 64.2 Å². The first-order chi connectivity index (χ1) is 17.3. The van der Waals surface area contributed by atoms with Gasteiger partial charge < -0.3 is 29.5 Å². The molecule has 0 radical (unpaired) electrons. The standard InChI is InChI=1S/C27H36N6O3/c1-27(2,3)36-26(35)32-17-15-31(16-18-32)22-5-4-6-23-21(22)12-14-33(23)24-11-13-28-25(30-24)29-19-7-9-20(34)10-8-19/h4-6,11-14,19-20,34H,7-10,15-18H2,1-3H3,(H,28,29,30)/t19-,20+. The van der Waals surface area contributed by atoms with E-state index < -0.39 is 5.60 Å². The number of piperazine rings is 1. The molecule has 36 heavy (non-hydrogen) atoms. The maximum atomic E-state index is 12.5. The fourth-order valence-corrected chi connectivity index (χ4v) is 5.04. The minimum absolute atomic E-state index is 0.184. The average molecular weight is 493 g/mol. The van der Waals surface area contributed by atoms with Crippen LogP contribution in [-0.2, 0) is 4.74 Å². The average Bonchev–Trinajstić information content (AvgIpc) is 3.29. The number of aromatic nitrogens is 3. The molecule has 2 aliphatic rings. The van der Waals surface area contributed by atoms with Gasteiger partial charge in [-0.1, -0.05) is 6.07 Å². The van der Waals surface area contributed by atoms with Crippen molar-refractivity contribution >= 4 is 28.6 Å². The third kappa shape index (κ3) is 5.41. The molecule has 1 aliphatic carbocycles. The summed E-state index contributed by atoms with van der Waals surface area (Å²) in [6.45, 7) is 8.44. The molecule has 5 rings (SSSR count). The van der Waals surface area contributed by atoms with Gasteiger partial charge in [-0.25, -0.2) is 9.78 Å². The number of carbonyl (C=O) groups is 1. The number of aliphatic hydroxyl groups is 1. The van der Waals surface area contributed by atoms with Gasteiger partial charge in [0, 0.05) is 55.7 Å². The first-order valence-electron chi connectivity index (χ1n) is 12.9. The molecule has 3 heterocycles. The van der Waals surface area contributed by atoms with E-state index in [1.807, 2.05) is 33.0 Å². The number of rotatable bonds is 4.